The van der Waals surface area contributed by atoms with Crippen molar-refractivity contribution in [2.45, 2.75) is 24.8 Å². The van der Waals surface area contributed by atoms with Crippen LogP contribution in [0.4, 0.5) is 0 Å². The highest BCUT2D eigenvalue weighted by Crippen LogP contribution is 2.30. The Morgan fingerprint density at radius 2 is 2.18 bits per heavy atom. The molecule has 0 aliphatic heterocycles. The average molecular weight is 461 g/mol. The Bertz CT molecular complexity index is 973. The minimum Gasteiger partial charge on any atom is -0.470 e. The van der Waals surface area contributed by atoms with E-state index in [1.54, 1.807) is 19.4 Å². The van der Waals surface area contributed by atoms with E-state index in [1.807, 2.05) is 32.2 Å². The van der Waals surface area contributed by atoms with Crippen LogP contribution in [0.1, 0.15) is 19.4 Å². The summed E-state index contributed by atoms with van der Waals surface area (Å²) >= 11 is 4.79. The summed E-state index contributed by atoms with van der Waals surface area (Å²) in [7, 11) is 1.57. The van der Waals surface area contributed by atoms with Crippen LogP contribution in [0.25, 0.3) is 10.9 Å². The van der Waals surface area contributed by atoms with Gasteiger partial charge in [0, 0.05) is 28.7 Å². The molecule has 1 aromatic heterocycles. The number of carbonyl (C=O) groups excluding carboxylic acids is 1. The van der Waals surface area contributed by atoms with Crippen LogP contribution in [0.5, 0.6) is 5.75 Å². The van der Waals surface area contributed by atoms with Crippen molar-refractivity contribution in [1.29, 1.82) is 0 Å². The second kappa shape index (κ2) is 9.84. The predicted octanol–water partition coefficient (Wildman–Crippen LogP) is 3.59. The van der Waals surface area contributed by atoms with Crippen LogP contribution in [0.15, 0.2) is 28.9 Å². The first-order chi connectivity index (χ1) is 13.3. The lowest BCUT2D eigenvalue weighted by Crippen LogP contribution is -2.47. The quantitative estimate of drug-likeness (QED) is 0.527. The molecule has 7 heteroatoms. The molecule has 2 aromatic rings. The molecule has 0 radical (unpaired) electrons. The minimum absolute atomic E-state index is 0.268. The molecular weight excluding hydrogens is 440 g/mol. The molecule has 1 unspecified atom stereocenters. The summed E-state index contributed by atoms with van der Waals surface area (Å²) in [6.07, 6.45) is 8.90. The van der Waals surface area contributed by atoms with Crippen LogP contribution in [-0.4, -0.2) is 41.8 Å². The molecule has 0 aliphatic carbocycles. The number of halogens is 1. The molecule has 0 bridgehead atoms. The third kappa shape index (κ3) is 5.90. The van der Waals surface area contributed by atoms with Gasteiger partial charge in [0.25, 0.3) is 5.91 Å². The van der Waals surface area contributed by atoms with Crippen molar-refractivity contribution in [2.75, 3.05) is 20.0 Å². The number of methoxy groups -OCH3 is 1. The molecule has 0 fully saturated rings. The molecule has 0 saturated heterocycles. The summed E-state index contributed by atoms with van der Waals surface area (Å²) in [5.41, 5.74) is -0.00232. The lowest BCUT2D eigenvalue weighted by molar-refractivity contribution is -0.125. The summed E-state index contributed by atoms with van der Waals surface area (Å²) in [6, 6.07) is 5.45. The van der Waals surface area contributed by atoms with Gasteiger partial charge in [-0.3, -0.25) is 9.78 Å². The van der Waals surface area contributed by atoms with Gasteiger partial charge in [0.2, 0.25) is 5.44 Å². The van der Waals surface area contributed by atoms with Crippen LogP contribution in [0, 0.1) is 24.2 Å². The fourth-order valence-electron chi connectivity index (χ4n) is 2.39. The molecule has 0 saturated carbocycles. The summed E-state index contributed by atoms with van der Waals surface area (Å²) < 4.78 is 11.6. The van der Waals surface area contributed by atoms with Crippen LogP contribution < -0.4 is 10.1 Å². The van der Waals surface area contributed by atoms with E-state index < -0.39 is 11.0 Å². The van der Waals surface area contributed by atoms with Gasteiger partial charge in [0.1, 0.15) is 12.4 Å². The second-order valence-electron chi connectivity index (χ2n) is 6.38. The SMILES string of the molecule is C#Cc1cnc2c(Br)cc(OC(SC)C(=O)NC(C)(C)C#CCOC)cc2c1. The number of thioether (sulfide) groups is 1. The van der Waals surface area contributed by atoms with Crippen molar-refractivity contribution >= 4 is 44.5 Å². The first kappa shape index (κ1) is 22.1. The van der Waals surface area contributed by atoms with Gasteiger partial charge in [-0.1, -0.05) is 17.8 Å². The van der Waals surface area contributed by atoms with Gasteiger partial charge in [-0.15, -0.1) is 18.2 Å². The second-order valence-corrected chi connectivity index (χ2v) is 8.13. The van der Waals surface area contributed by atoms with Gasteiger partial charge in [0.05, 0.1) is 11.1 Å². The summed E-state index contributed by atoms with van der Waals surface area (Å²) in [6.45, 7) is 3.95. The Hall–Kier alpha value is -2.19. The molecule has 28 heavy (non-hydrogen) atoms. The third-order valence-corrected chi connectivity index (χ3v) is 4.94. The highest BCUT2D eigenvalue weighted by Gasteiger charge is 2.25. The van der Waals surface area contributed by atoms with Gasteiger partial charge in [-0.05, 0) is 54.2 Å². The number of rotatable bonds is 6. The summed E-state index contributed by atoms with van der Waals surface area (Å²) in [4.78, 5) is 17.0. The van der Waals surface area contributed by atoms with Crippen molar-refractivity contribution in [1.82, 2.24) is 10.3 Å². The number of benzene rings is 1. The smallest absolute Gasteiger partial charge is 0.272 e. The van der Waals surface area contributed by atoms with Gasteiger partial charge < -0.3 is 14.8 Å². The maximum absolute atomic E-state index is 12.7. The average Bonchev–Trinajstić information content (AvgIpc) is 2.65. The molecule has 1 amide bonds. The Kier molecular flexibility index (Phi) is 7.77. The lowest BCUT2D eigenvalue weighted by atomic mass is 10.1. The van der Waals surface area contributed by atoms with Crippen LogP contribution in [-0.2, 0) is 9.53 Å². The number of hydrogen-bond acceptors (Lipinski definition) is 5. The van der Waals surface area contributed by atoms with Crippen molar-refractivity contribution < 1.29 is 14.3 Å². The number of nitrogens with one attached hydrogen (secondary N) is 1. The minimum atomic E-state index is -0.739. The van der Waals surface area contributed by atoms with Crippen LogP contribution >= 0.6 is 27.7 Å². The van der Waals surface area contributed by atoms with Crippen molar-refractivity contribution in [2.24, 2.45) is 0 Å². The Morgan fingerprint density at radius 3 is 2.82 bits per heavy atom. The van der Waals surface area contributed by atoms with Gasteiger partial charge >= 0.3 is 0 Å². The molecular formula is C21H21BrN2O3S. The van der Waals surface area contributed by atoms with Gasteiger partial charge in [-0.25, -0.2) is 0 Å². The van der Waals surface area contributed by atoms with E-state index in [1.165, 1.54) is 11.8 Å². The monoisotopic (exact) mass is 460 g/mol. The summed E-state index contributed by atoms with van der Waals surface area (Å²) in [5.74, 6) is 8.67. The topological polar surface area (TPSA) is 60.5 Å². The predicted molar refractivity (Wildman–Crippen MR) is 117 cm³/mol. The van der Waals surface area contributed by atoms with E-state index in [4.69, 9.17) is 15.9 Å². The molecule has 0 aliphatic rings. The Labute approximate surface area is 178 Å². The Balaban J connectivity index is 2.21. The summed E-state index contributed by atoms with van der Waals surface area (Å²) in [5, 5.41) is 3.72. The standard InChI is InChI=1S/C21H21BrN2O3S/c1-6-14-10-15-11-16(12-17(22)18(15)23-13-14)27-20(28-5)19(25)24-21(2,3)8-7-9-26-4/h1,10-13,20H,9H2,2-5H3,(H,24,25). The zero-order chi connectivity index (χ0) is 20.7. The van der Waals surface area contributed by atoms with E-state index in [9.17, 15) is 4.79 Å². The molecule has 5 nitrogen and oxygen atoms in total. The zero-order valence-corrected chi connectivity index (χ0v) is 18.5. The number of carbonyl (C=O) groups is 1. The first-order valence-corrected chi connectivity index (χ1v) is 10.4. The normalized spacial score (nSPS) is 11.9. The number of terminal acetylenes is 1. The number of aromatic nitrogens is 1. The Morgan fingerprint density at radius 1 is 1.43 bits per heavy atom. The maximum atomic E-state index is 12.7. The molecule has 1 N–H and O–H groups in total. The van der Waals surface area contributed by atoms with E-state index in [-0.39, 0.29) is 5.91 Å². The fraction of sp³-hybridized carbons (Fsp3) is 0.333. The molecule has 1 heterocycles. The number of fused-ring (bicyclic) bond motifs is 1. The molecule has 2 rings (SSSR count). The zero-order valence-electron chi connectivity index (χ0n) is 16.1. The van der Waals surface area contributed by atoms with E-state index in [0.717, 1.165) is 15.4 Å². The lowest BCUT2D eigenvalue weighted by Gasteiger charge is -2.24. The van der Waals surface area contributed by atoms with Crippen molar-refractivity contribution in [3.8, 4) is 29.9 Å². The van der Waals surface area contributed by atoms with Crippen LogP contribution in [0.2, 0.25) is 0 Å². The number of amides is 1. The van der Waals surface area contributed by atoms with E-state index >= 15 is 0 Å². The number of ether oxygens (including phenoxy) is 2. The van der Waals surface area contributed by atoms with Crippen LogP contribution in [0.3, 0.4) is 0 Å². The number of nitrogens with zero attached hydrogens (tertiary/aromatic N) is 1. The van der Waals surface area contributed by atoms with Crippen molar-refractivity contribution in [3.05, 3.63) is 34.4 Å². The third-order valence-electron chi connectivity index (χ3n) is 3.60. The molecule has 146 valence electrons. The first-order valence-electron chi connectivity index (χ1n) is 8.36. The fourth-order valence-corrected chi connectivity index (χ4v) is 3.42. The van der Waals surface area contributed by atoms with Gasteiger partial charge in [-0.2, -0.15) is 0 Å². The highest BCUT2D eigenvalue weighted by molar-refractivity contribution is 9.10. The van der Waals surface area contributed by atoms with E-state index in [2.05, 4.69) is 44.0 Å². The van der Waals surface area contributed by atoms with Gasteiger partial charge in [0.15, 0.2) is 0 Å². The molecule has 0 spiro atoms. The molecule has 1 atom stereocenters. The molecule has 1 aromatic carbocycles. The maximum Gasteiger partial charge on any atom is 0.272 e. The largest absolute Gasteiger partial charge is 0.470 e. The number of hydrogen-bond donors (Lipinski definition) is 1. The van der Waals surface area contributed by atoms with Crippen molar-refractivity contribution in [3.63, 3.8) is 0 Å². The highest BCUT2D eigenvalue weighted by atomic mass is 79.9. The van der Waals surface area contributed by atoms with E-state index in [0.29, 0.717) is 17.9 Å². The number of pyridine rings is 1.